The molecule has 0 spiro atoms. The van der Waals surface area contributed by atoms with E-state index in [0.717, 1.165) is 5.56 Å². The first-order valence-corrected chi connectivity index (χ1v) is 9.87. The lowest BCUT2D eigenvalue weighted by Crippen LogP contribution is -2.31. The zero-order valence-corrected chi connectivity index (χ0v) is 16.4. The molecule has 6 nitrogen and oxygen atoms in total. The van der Waals surface area contributed by atoms with E-state index in [1.807, 2.05) is 31.4 Å². The molecule has 3 amide bonds. The van der Waals surface area contributed by atoms with Crippen molar-refractivity contribution in [3.8, 4) is 0 Å². The van der Waals surface area contributed by atoms with Gasteiger partial charge in [0, 0.05) is 35.6 Å². The molecule has 144 valence electrons. The van der Waals surface area contributed by atoms with E-state index >= 15 is 0 Å². The van der Waals surface area contributed by atoms with Gasteiger partial charge in [-0.3, -0.25) is 14.4 Å². The van der Waals surface area contributed by atoms with E-state index in [4.69, 9.17) is 0 Å². The van der Waals surface area contributed by atoms with Crippen molar-refractivity contribution in [2.24, 2.45) is 0 Å². The molecule has 0 aliphatic carbocycles. The van der Waals surface area contributed by atoms with Crippen molar-refractivity contribution in [2.75, 3.05) is 11.9 Å². The molecule has 0 fully saturated rings. The Bertz CT molecular complexity index is 755. The van der Waals surface area contributed by atoms with Gasteiger partial charge in [-0.25, -0.2) is 0 Å². The molecule has 2 aromatic rings. The fourth-order valence-corrected chi connectivity index (χ4v) is 3.07. The highest BCUT2D eigenvalue weighted by Gasteiger charge is 2.07. The first-order chi connectivity index (χ1) is 12.9. The van der Waals surface area contributed by atoms with Crippen LogP contribution in [0.5, 0.6) is 0 Å². The SMILES string of the molecule is CC(C)NC(=O)Cc1ccc(NC(=O)CCCNC(=O)c2ccsc2)cc1. The summed E-state index contributed by atoms with van der Waals surface area (Å²) in [6.45, 7) is 4.29. The molecule has 0 bridgehead atoms. The lowest BCUT2D eigenvalue weighted by molar-refractivity contribution is -0.121. The molecule has 27 heavy (non-hydrogen) atoms. The molecule has 0 saturated carbocycles. The summed E-state index contributed by atoms with van der Waals surface area (Å²) in [4.78, 5) is 35.5. The first kappa shape index (κ1) is 20.6. The Kier molecular flexibility index (Phi) is 8.00. The van der Waals surface area contributed by atoms with Gasteiger partial charge >= 0.3 is 0 Å². The molecule has 7 heteroatoms. The summed E-state index contributed by atoms with van der Waals surface area (Å²) in [5, 5.41) is 12.1. The summed E-state index contributed by atoms with van der Waals surface area (Å²) in [6.07, 6.45) is 1.20. The van der Waals surface area contributed by atoms with Gasteiger partial charge in [-0.1, -0.05) is 12.1 Å². The molecule has 0 aliphatic rings. The maximum absolute atomic E-state index is 12.0. The van der Waals surface area contributed by atoms with Crippen LogP contribution in [0.2, 0.25) is 0 Å². The van der Waals surface area contributed by atoms with Crippen molar-refractivity contribution in [3.05, 3.63) is 52.2 Å². The van der Waals surface area contributed by atoms with Gasteiger partial charge in [-0.2, -0.15) is 11.3 Å². The van der Waals surface area contributed by atoms with E-state index in [2.05, 4.69) is 16.0 Å². The number of benzene rings is 1. The fourth-order valence-electron chi connectivity index (χ4n) is 2.43. The number of amides is 3. The smallest absolute Gasteiger partial charge is 0.252 e. The third-order valence-electron chi connectivity index (χ3n) is 3.70. The normalized spacial score (nSPS) is 10.5. The molecule has 0 saturated heterocycles. The Labute approximate surface area is 163 Å². The second-order valence-electron chi connectivity index (χ2n) is 6.52. The number of anilines is 1. The average molecular weight is 388 g/mol. The van der Waals surface area contributed by atoms with Gasteiger partial charge < -0.3 is 16.0 Å². The van der Waals surface area contributed by atoms with Gasteiger partial charge in [-0.15, -0.1) is 0 Å². The van der Waals surface area contributed by atoms with Gasteiger partial charge in [0.25, 0.3) is 5.91 Å². The summed E-state index contributed by atoms with van der Waals surface area (Å²) in [5.74, 6) is -0.245. The van der Waals surface area contributed by atoms with Crippen molar-refractivity contribution < 1.29 is 14.4 Å². The maximum atomic E-state index is 12.0. The van der Waals surface area contributed by atoms with Crippen LogP contribution in [0.3, 0.4) is 0 Å². The third kappa shape index (κ3) is 7.62. The minimum Gasteiger partial charge on any atom is -0.354 e. The summed E-state index contributed by atoms with van der Waals surface area (Å²) in [6, 6.07) is 9.12. The first-order valence-electron chi connectivity index (χ1n) is 8.92. The molecule has 0 aliphatic heterocycles. The lowest BCUT2D eigenvalue weighted by atomic mass is 10.1. The lowest BCUT2D eigenvalue weighted by Gasteiger charge is -2.09. The van der Waals surface area contributed by atoms with Crippen molar-refractivity contribution in [3.63, 3.8) is 0 Å². The van der Waals surface area contributed by atoms with Gasteiger partial charge in [-0.05, 0) is 49.4 Å². The van der Waals surface area contributed by atoms with Crippen LogP contribution in [0.15, 0.2) is 41.1 Å². The Hall–Kier alpha value is -2.67. The summed E-state index contributed by atoms with van der Waals surface area (Å²) < 4.78 is 0. The topological polar surface area (TPSA) is 87.3 Å². The Morgan fingerprint density at radius 3 is 2.41 bits per heavy atom. The standard InChI is InChI=1S/C20H25N3O3S/c1-14(2)22-19(25)12-15-5-7-17(8-6-15)23-18(24)4-3-10-21-20(26)16-9-11-27-13-16/h5-9,11,13-14H,3-4,10,12H2,1-2H3,(H,21,26)(H,22,25)(H,23,24). The van der Waals surface area contributed by atoms with Crippen LogP contribution in [0.25, 0.3) is 0 Å². The summed E-state index contributed by atoms with van der Waals surface area (Å²) in [7, 11) is 0. The maximum Gasteiger partial charge on any atom is 0.252 e. The van der Waals surface area contributed by atoms with Crippen molar-refractivity contribution in [1.82, 2.24) is 10.6 Å². The number of thiophene rings is 1. The van der Waals surface area contributed by atoms with E-state index in [-0.39, 0.29) is 23.8 Å². The molecule has 1 aromatic heterocycles. The highest BCUT2D eigenvalue weighted by Crippen LogP contribution is 2.11. The number of hydrogen-bond donors (Lipinski definition) is 3. The quantitative estimate of drug-likeness (QED) is 0.578. The van der Waals surface area contributed by atoms with Crippen LogP contribution in [0.4, 0.5) is 5.69 Å². The number of carbonyl (C=O) groups is 3. The molecule has 0 atom stereocenters. The van der Waals surface area contributed by atoms with Crippen LogP contribution >= 0.6 is 11.3 Å². The molecule has 3 N–H and O–H groups in total. The molecule has 0 unspecified atom stereocenters. The molecule has 1 heterocycles. The second kappa shape index (κ2) is 10.5. The number of carbonyl (C=O) groups excluding carboxylic acids is 3. The second-order valence-corrected chi connectivity index (χ2v) is 7.30. The van der Waals surface area contributed by atoms with Gasteiger partial charge in [0.05, 0.1) is 6.42 Å². The molecule has 1 aromatic carbocycles. The minimum atomic E-state index is -0.117. The number of hydrogen-bond acceptors (Lipinski definition) is 4. The van der Waals surface area contributed by atoms with Crippen LogP contribution < -0.4 is 16.0 Å². The van der Waals surface area contributed by atoms with Gasteiger partial charge in [0.1, 0.15) is 0 Å². The Balaban J connectivity index is 1.68. The van der Waals surface area contributed by atoms with Gasteiger partial charge in [0.2, 0.25) is 11.8 Å². The molecular formula is C20H25N3O3S. The third-order valence-corrected chi connectivity index (χ3v) is 4.38. The Morgan fingerprint density at radius 2 is 1.78 bits per heavy atom. The van der Waals surface area contributed by atoms with E-state index in [1.54, 1.807) is 23.6 Å². The summed E-state index contributed by atoms with van der Waals surface area (Å²) >= 11 is 1.47. The highest BCUT2D eigenvalue weighted by molar-refractivity contribution is 7.08. The van der Waals surface area contributed by atoms with Crippen molar-refractivity contribution >= 4 is 34.7 Å². The highest BCUT2D eigenvalue weighted by atomic mass is 32.1. The molecular weight excluding hydrogens is 362 g/mol. The average Bonchev–Trinajstić information content (AvgIpc) is 3.14. The predicted octanol–water partition coefficient (Wildman–Crippen LogP) is 2.96. The minimum absolute atomic E-state index is 0.0220. The van der Waals surface area contributed by atoms with E-state index in [1.165, 1.54) is 11.3 Å². The monoisotopic (exact) mass is 387 g/mol. The van der Waals surface area contributed by atoms with Gasteiger partial charge in [0.15, 0.2) is 0 Å². The van der Waals surface area contributed by atoms with Crippen molar-refractivity contribution in [2.45, 2.75) is 39.2 Å². The number of rotatable bonds is 9. The Morgan fingerprint density at radius 1 is 1.04 bits per heavy atom. The zero-order valence-electron chi connectivity index (χ0n) is 15.6. The van der Waals surface area contributed by atoms with Crippen LogP contribution in [0.1, 0.15) is 42.6 Å². The summed E-state index contributed by atoms with van der Waals surface area (Å²) in [5.41, 5.74) is 2.23. The van der Waals surface area contributed by atoms with E-state index < -0.39 is 0 Å². The largest absolute Gasteiger partial charge is 0.354 e. The van der Waals surface area contributed by atoms with E-state index in [0.29, 0.717) is 37.1 Å². The predicted molar refractivity (Wildman–Crippen MR) is 108 cm³/mol. The molecule has 0 radical (unpaired) electrons. The zero-order chi connectivity index (χ0) is 19.6. The van der Waals surface area contributed by atoms with Crippen LogP contribution in [-0.2, 0) is 16.0 Å². The van der Waals surface area contributed by atoms with Crippen LogP contribution in [-0.4, -0.2) is 30.3 Å². The van der Waals surface area contributed by atoms with Crippen molar-refractivity contribution in [1.29, 1.82) is 0 Å². The van der Waals surface area contributed by atoms with Crippen LogP contribution in [0, 0.1) is 0 Å². The number of nitrogens with one attached hydrogen (secondary N) is 3. The molecule has 2 rings (SSSR count). The van der Waals surface area contributed by atoms with E-state index in [9.17, 15) is 14.4 Å². The fraction of sp³-hybridized carbons (Fsp3) is 0.350.